The van der Waals surface area contributed by atoms with E-state index in [1.54, 1.807) is 18.2 Å². The van der Waals surface area contributed by atoms with Crippen molar-refractivity contribution < 1.29 is 18.7 Å². The van der Waals surface area contributed by atoms with Gasteiger partial charge in [-0.2, -0.15) is 0 Å². The van der Waals surface area contributed by atoms with Crippen molar-refractivity contribution in [3.8, 4) is 16.9 Å². The average molecular weight is 387 g/mol. The number of carbonyl (C=O) groups is 1. The topological polar surface area (TPSA) is 77.7 Å². The van der Waals surface area contributed by atoms with Crippen LogP contribution < -0.4 is 10.5 Å². The number of morpholine rings is 1. The second-order valence-electron chi connectivity index (χ2n) is 7.16. The summed E-state index contributed by atoms with van der Waals surface area (Å²) in [6.45, 7) is 7.42. The Morgan fingerprint density at radius 1 is 1.29 bits per heavy atom. The Morgan fingerprint density at radius 3 is 2.61 bits per heavy atom. The molecule has 1 aromatic heterocycles. The van der Waals surface area contributed by atoms with Gasteiger partial charge in [-0.3, -0.25) is 9.69 Å². The largest absolute Gasteiger partial charge is 0.491 e. The van der Waals surface area contributed by atoms with E-state index in [4.69, 9.17) is 15.2 Å². The molecule has 1 aliphatic heterocycles. The second-order valence-corrected chi connectivity index (χ2v) is 7.16. The SMILES string of the molecule is CC1CN(CCCOc2cnc(C(N)=O)cc2-c2ccc(F)cc2)CC(C)O1. The Kier molecular flexibility index (Phi) is 6.59. The number of aromatic nitrogens is 1. The number of nitrogens with two attached hydrogens (primary N) is 1. The first-order chi connectivity index (χ1) is 13.4. The van der Waals surface area contributed by atoms with Crippen LogP contribution in [0.1, 0.15) is 30.8 Å². The van der Waals surface area contributed by atoms with Crippen molar-refractivity contribution in [2.45, 2.75) is 32.5 Å². The van der Waals surface area contributed by atoms with Crippen LogP contribution >= 0.6 is 0 Å². The van der Waals surface area contributed by atoms with E-state index in [2.05, 4.69) is 23.7 Å². The third-order valence-corrected chi connectivity index (χ3v) is 4.65. The molecule has 3 rings (SSSR count). The maximum Gasteiger partial charge on any atom is 0.267 e. The number of hydrogen-bond acceptors (Lipinski definition) is 5. The van der Waals surface area contributed by atoms with Crippen LogP contribution in [0.5, 0.6) is 5.75 Å². The van der Waals surface area contributed by atoms with Crippen LogP contribution in [0.4, 0.5) is 4.39 Å². The van der Waals surface area contributed by atoms with E-state index in [1.807, 2.05) is 0 Å². The zero-order valence-corrected chi connectivity index (χ0v) is 16.2. The van der Waals surface area contributed by atoms with Crippen molar-refractivity contribution in [3.05, 3.63) is 48.0 Å². The van der Waals surface area contributed by atoms with Gasteiger partial charge in [-0.15, -0.1) is 0 Å². The minimum atomic E-state index is -0.620. The van der Waals surface area contributed by atoms with Crippen molar-refractivity contribution in [2.75, 3.05) is 26.2 Å². The monoisotopic (exact) mass is 387 g/mol. The number of rotatable bonds is 7. The maximum absolute atomic E-state index is 13.3. The van der Waals surface area contributed by atoms with Crippen LogP contribution in [-0.4, -0.2) is 54.2 Å². The molecule has 0 aliphatic carbocycles. The summed E-state index contributed by atoms with van der Waals surface area (Å²) in [4.78, 5) is 17.9. The van der Waals surface area contributed by atoms with Gasteiger partial charge < -0.3 is 15.2 Å². The molecule has 1 aromatic carbocycles. The Hall–Kier alpha value is -2.51. The first-order valence-electron chi connectivity index (χ1n) is 9.49. The lowest BCUT2D eigenvalue weighted by Crippen LogP contribution is -2.45. The van der Waals surface area contributed by atoms with Gasteiger partial charge in [-0.1, -0.05) is 12.1 Å². The molecule has 0 radical (unpaired) electrons. The summed E-state index contributed by atoms with van der Waals surface area (Å²) in [6.07, 6.45) is 2.82. The van der Waals surface area contributed by atoms with E-state index >= 15 is 0 Å². The molecule has 0 bridgehead atoms. The normalized spacial score (nSPS) is 20.1. The summed E-state index contributed by atoms with van der Waals surface area (Å²) >= 11 is 0. The van der Waals surface area contributed by atoms with Gasteiger partial charge in [-0.25, -0.2) is 9.37 Å². The smallest absolute Gasteiger partial charge is 0.267 e. The number of pyridine rings is 1. The maximum atomic E-state index is 13.3. The van der Waals surface area contributed by atoms with E-state index in [0.717, 1.165) is 31.6 Å². The molecule has 1 amide bonds. The number of carbonyl (C=O) groups excluding carboxylic acids is 1. The molecule has 2 unspecified atom stereocenters. The number of nitrogens with zero attached hydrogens (tertiary/aromatic N) is 2. The van der Waals surface area contributed by atoms with Gasteiger partial charge in [0.25, 0.3) is 5.91 Å². The van der Waals surface area contributed by atoms with Crippen molar-refractivity contribution in [2.24, 2.45) is 5.73 Å². The van der Waals surface area contributed by atoms with Crippen molar-refractivity contribution in [1.82, 2.24) is 9.88 Å². The van der Waals surface area contributed by atoms with E-state index in [1.165, 1.54) is 18.3 Å². The molecule has 0 saturated carbocycles. The second kappa shape index (κ2) is 9.12. The number of benzene rings is 1. The summed E-state index contributed by atoms with van der Waals surface area (Å²) in [5, 5.41) is 0. The Balaban J connectivity index is 1.66. The summed E-state index contributed by atoms with van der Waals surface area (Å²) in [7, 11) is 0. The van der Waals surface area contributed by atoms with Crippen LogP contribution in [0.2, 0.25) is 0 Å². The molecular weight excluding hydrogens is 361 g/mol. The third kappa shape index (κ3) is 5.27. The minimum Gasteiger partial charge on any atom is -0.491 e. The lowest BCUT2D eigenvalue weighted by molar-refractivity contribution is -0.0686. The first-order valence-corrected chi connectivity index (χ1v) is 9.49. The predicted octanol–water partition coefficient (Wildman–Crippen LogP) is 2.86. The average Bonchev–Trinajstić information content (AvgIpc) is 2.65. The molecule has 2 heterocycles. The molecule has 0 spiro atoms. The Labute approximate surface area is 164 Å². The number of halogens is 1. The van der Waals surface area contributed by atoms with Gasteiger partial charge in [0.1, 0.15) is 17.3 Å². The number of ether oxygens (including phenoxy) is 2. The lowest BCUT2D eigenvalue weighted by Gasteiger charge is -2.35. The fourth-order valence-corrected chi connectivity index (χ4v) is 3.48. The molecule has 2 atom stereocenters. The zero-order chi connectivity index (χ0) is 20.1. The molecule has 150 valence electrons. The molecule has 1 aliphatic rings. The van der Waals surface area contributed by atoms with Gasteiger partial charge in [0.2, 0.25) is 0 Å². The van der Waals surface area contributed by atoms with Gasteiger partial charge in [0.15, 0.2) is 0 Å². The highest BCUT2D eigenvalue weighted by molar-refractivity contribution is 5.92. The highest BCUT2D eigenvalue weighted by Crippen LogP contribution is 2.30. The molecule has 28 heavy (non-hydrogen) atoms. The summed E-state index contributed by atoms with van der Waals surface area (Å²) in [5.41, 5.74) is 6.88. The summed E-state index contributed by atoms with van der Waals surface area (Å²) in [5.74, 6) is -0.407. The van der Waals surface area contributed by atoms with Gasteiger partial charge in [0.05, 0.1) is 25.0 Å². The van der Waals surface area contributed by atoms with Crippen molar-refractivity contribution in [3.63, 3.8) is 0 Å². The summed E-state index contributed by atoms with van der Waals surface area (Å²) < 4.78 is 24.9. The van der Waals surface area contributed by atoms with Crippen LogP contribution in [0.15, 0.2) is 36.5 Å². The van der Waals surface area contributed by atoms with Crippen molar-refractivity contribution >= 4 is 5.91 Å². The van der Waals surface area contributed by atoms with Crippen molar-refractivity contribution in [1.29, 1.82) is 0 Å². The molecule has 6 nitrogen and oxygen atoms in total. The van der Waals surface area contributed by atoms with Crippen LogP contribution in [0.3, 0.4) is 0 Å². The van der Waals surface area contributed by atoms with Crippen LogP contribution in [0, 0.1) is 5.82 Å². The standard InChI is InChI=1S/C21H26FN3O3/c1-14-12-25(13-15(2)28-14)8-3-9-27-20-11-24-19(21(23)26)10-18(20)16-4-6-17(22)7-5-16/h4-7,10-11,14-15H,3,8-9,12-13H2,1-2H3,(H2,23,26). The van der Waals surface area contributed by atoms with Crippen LogP contribution in [0.25, 0.3) is 11.1 Å². The number of primary amides is 1. The fraction of sp³-hybridized carbons (Fsp3) is 0.429. The Morgan fingerprint density at radius 2 is 1.96 bits per heavy atom. The van der Waals surface area contributed by atoms with Crippen LogP contribution in [-0.2, 0) is 4.74 Å². The number of hydrogen-bond donors (Lipinski definition) is 1. The van der Waals surface area contributed by atoms with E-state index in [9.17, 15) is 9.18 Å². The third-order valence-electron chi connectivity index (χ3n) is 4.65. The molecule has 1 saturated heterocycles. The number of amides is 1. The van der Waals surface area contributed by atoms with Gasteiger partial charge in [0, 0.05) is 25.2 Å². The molecular formula is C21H26FN3O3. The predicted molar refractivity (Wildman–Crippen MR) is 105 cm³/mol. The van der Waals surface area contributed by atoms with E-state index in [-0.39, 0.29) is 23.7 Å². The molecule has 2 aromatic rings. The molecule has 1 fully saturated rings. The lowest BCUT2D eigenvalue weighted by atomic mass is 10.0. The Bertz CT molecular complexity index is 803. The zero-order valence-electron chi connectivity index (χ0n) is 16.2. The van der Waals surface area contributed by atoms with E-state index < -0.39 is 5.91 Å². The van der Waals surface area contributed by atoms with Gasteiger partial charge >= 0.3 is 0 Å². The first kappa shape index (κ1) is 20.2. The highest BCUT2D eigenvalue weighted by atomic mass is 19.1. The quantitative estimate of drug-likeness (QED) is 0.739. The minimum absolute atomic E-state index is 0.142. The molecule has 7 heteroatoms. The highest BCUT2D eigenvalue weighted by Gasteiger charge is 2.21. The van der Waals surface area contributed by atoms with Gasteiger partial charge in [-0.05, 0) is 44.0 Å². The fourth-order valence-electron chi connectivity index (χ4n) is 3.48. The molecule has 2 N–H and O–H groups in total. The van der Waals surface area contributed by atoms with E-state index in [0.29, 0.717) is 17.9 Å². The summed E-state index contributed by atoms with van der Waals surface area (Å²) in [6, 6.07) is 7.59.